The summed E-state index contributed by atoms with van der Waals surface area (Å²) in [7, 11) is 0. The molecule has 0 bridgehead atoms. The molecule has 21 heavy (non-hydrogen) atoms. The number of rotatable bonds is 4. The summed E-state index contributed by atoms with van der Waals surface area (Å²) in [5, 5.41) is 2.67. The minimum atomic E-state index is -0.390. The zero-order valence-electron chi connectivity index (χ0n) is 11.3. The molecule has 0 heterocycles. The molecule has 0 aromatic heterocycles. The van der Waals surface area contributed by atoms with E-state index in [1.54, 1.807) is 18.2 Å². The number of carbonyl (C=O) groups is 1. The molecule has 0 aliphatic heterocycles. The van der Waals surface area contributed by atoms with E-state index < -0.39 is 5.82 Å². The summed E-state index contributed by atoms with van der Waals surface area (Å²) < 4.78 is 18.7. The summed E-state index contributed by atoms with van der Waals surface area (Å²) in [6, 6.07) is 9.05. The molecule has 0 aliphatic rings. The van der Waals surface area contributed by atoms with Crippen molar-refractivity contribution in [3.05, 3.63) is 52.3 Å². The van der Waals surface area contributed by atoms with Crippen LogP contribution in [0, 0.1) is 5.82 Å². The number of ether oxygens (including phenoxy) is 1. The van der Waals surface area contributed by atoms with Crippen LogP contribution in [-0.2, 0) is 0 Å². The molecule has 0 fully saturated rings. The molecular weight excluding hydrogens is 339 g/mol. The van der Waals surface area contributed by atoms with Crippen LogP contribution < -0.4 is 15.8 Å². The Morgan fingerprint density at radius 1 is 1.33 bits per heavy atom. The lowest BCUT2D eigenvalue weighted by Crippen LogP contribution is -2.12. The first-order valence-electron chi connectivity index (χ1n) is 6.30. The molecule has 0 atom stereocenters. The average molecular weight is 353 g/mol. The third-order valence-electron chi connectivity index (χ3n) is 2.75. The van der Waals surface area contributed by atoms with E-state index in [-0.39, 0.29) is 10.4 Å². The van der Waals surface area contributed by atoms with Crippen molar-refractivity contribution >= 4 is 33.2 Å². The number of amides is 1. The Bertz CT molecular complexity index is 677. The van der Waals surface area contributed by atoms with Crippen molar-refractivity contribution in [2.75, 3.05) is 17.7 Å². The summed E-state index contributed by atoms with van der Waals surface area (Å²) in [4.78, 5) is 12.1. The maximum Gasteiger partial charge on any atom is 0.255 e. The minimum Gasteiger partial charge on any atom is -0.492 e. The molecule has 2 aromatic rings. The molecule has 0 saturated carbocycles. The number of halogens is 2. The SMILES string of the molecule is CCOc1ccc(C(=O)Nc2ccc(F)c(Br)c2)cc1N. The molecule has 2 rings (SSSR count). The van der Waals surface area contributed by atoms with Gasteiger partial charge in [-0.2, -0.15) is 0 Å². The van der Waals surface area contributed by atoms with E-state index in [0.717, 1.165) is 0 Å². The Kier molecular flexibility index (Phi) is 4.80. The smallest absolute Gasteiger partial charge is 0.255 e. The summed E-state index contributed by atoms with van der Waals surface area (Å²) in [6.07, 6.45) is 0. The van der Waals surface area contributed by atoms with Gasteiger partial charge in [0.1, 0.15) is 11.6 Å². The molecule has 1 amide bonds. The van der Waals surface area contributed by atoms with Crippen LogP contribution in [0.15, 0.2) is 40.9 Å². The van der Waals surface area contributed by atoms with Crippen LogP contribution in [0.4, 0.5) is 15.8 Å². The zero-order chi connectivity index (χ0) is 15.4. The van der Waals surface area contributed by atoms with Crippen LogP contribution in [0.3, 0.4) is 0 Å². The van der Waals surface area contributed by atoms with Gasteiger partial charge in [-0.25, -0.2) is 4.39 Å². The van der Waals surface area contributed by atoms with Crippen molar-refractivity contribution < 1.29 is 13.9 Å². The number of nitrogen functional groups attached to an aromatic ring is 1. The standard InChI is InChI=1S/C15H14BrFN2O2/c1-2-21-14-6-3-9(7-13(14)18)15(20)19-10-4-5-12(17)11(16)8-10/h3-8H,2,18H2,1H3,(H,19,20). The predicted molar refractivity (Wildman–Crippen MR) is 84.1 cm³/mol. The van der Waals surface area contributed by atoms with Crippen molar-refractivity contribution in [1.29, 1.82) is 0 Å². The second kappa shape index (κ2) is 6.58. The molecule has 110 valence electrons. The molecule has 2 aromatic carbocycles. The summed E-state index contributed by atoms with van der Waals surface area (Å²) >= 11 is 3.07. The zero-order valence-corrected chi connectivity index (χ0v) is 12.9. The van der Waals surface area contributed by atoms with Gasteiger partial charge >= 0.3 is 0 Å². The summed E-state index contributed by atoms with van der Waals surface area (Å²) in [6.45, 7) is 2.35. The number of hydrogen-bond acceptors (Lipinski definition) is 3. The molecule has 0 unspecified atom stereocenters. The largest absolute Gasteiger partial charge is 0.492 e. The van der Waals surface area contributed by atoms with Crippen LogP contribution >= 0.6 is 15.9 Å². The van der Waals surface area contributed by atoms with Gasteiger partial charge in [0.15, 0.2) is 0 Å². The number of carbonyl (C=O) groups excluding carboxylic acids is 1. The second-order valence-electron chi connectivity index (χ2n) is 4.27. The topological polar surface area (TPSA) is 64.3 Å². The van der Waals surface area contributed by atoms with Gasteiger partial charge < -0.3 is 15.8 Å². The highest BCUT2D eigenvalue weighted by molar-refractivity contribution is 9.10. The lowest BCUT2D eigenvalue weighted by molar-refractivity contribution is 0.102. The Labute approximate surface area is 130 Å². The highest BCUT2D eigenvalue weighted by atomic mass is 79.9. The van der Waals surface area contributed by atoms with Gasteiger partial charge in [0.25, 0.3) is 5.91 Å². The van der Waals surface area contributed by atoms with E-state index in [2.05, 4.69) is 21.2 Å². The Morgan fingerprint density at radius 3 is 2.71 bits per heavy atom. The molecule has 4 nitrogen and oxygen atoms in total. The van der Waals surface area contributed by atoms with Crippen LogP contribution in [0.2, 0.25) is 0 Å². The van der Waals surface area contributed by atoms with Gasteiger partial charge in [-0.3, -0.25) is 4.79 Å². The fraction of sp³-hybridized carbons (Fsp3) is 0.133. The molecule has 0 spiro atoms. The number of nitrogens with two attached hydrogens (primary N) is 1. The molecule has 0 radical (unpaired) electrons. The lowest BCUT2D eigenvalue weighted by Gasteiger charge is -2.10. The van der Waals surface area contributed by atoms with E-state index in [9.17, 15) is 9.18 Å². The van der Waals surface area contributed by atoms with Gasteiger partial charge in [-0.05, 0) is 59.3 Å². The van der Waals surface area contributed by atoms with Gasteiger partial charge in [-0.15, -0.1) is 0 Å². The van der Waals surface area contributed by atoms with Gasteiger partial charge in [0, 0.05) is 11.3 Å². The van der Waals surface area contributed by atoms with Crippen LogP contribution in [0.5, 0.6) is 5.75 Å². The maximum absolute atomic E-state index is 13.1. The first-order chi connectivity index (χ1) is 10.0. The van der Waals surface area contributed by atoms with E-state index in [1.807, 2.05) is 6.92 Å². The summed E-state index contributed by atoms with van der Waals surface area (Å²) in [5.74, 6) is -0.180. The van der Waals surface area contributed by atoms with Crippen molar-refractivity contribution in [2.24, 2.45) is 0 Å². The van der Waals surface area contributed by atoms with Crippen molar-refractivity contribution in [3.63, 3.8) is 0 Å². The number of anilines is 2. The third-order valence-corrected chi connectivity index (χ3v) is 3.36. The van der Waals surface area contributed by atoms with E-state index in [1.165, 1.54) is 18.2 Å². The Hall–Kier alpha value is -2.08. The normalized spacial score (nSPS) is 10.2. The quantitative estimate of drug-likeness (QED) is 0.822. The van der Waals surface area contributed by atoms with Crippen molar-refractivity contribution in [1.82, 2.24) is 0 Å². The molecule has 6 heteroatoms. The third kappa shape index (κ3) is 3.72. The Balaban J connectivity index is 2.16. The highest BCUT2D eigenvalue weighted by Gasteiger charge is 2.10. The van der Waals surface area contributed by atoms with Crippen molar-refractivity contribution in [3.8, 4) is 5.75 Å². The fourth-order valence-corrected chi connectivity index (χ4v) is 2.13. The first kappa shape index (κ1) is 15.3. The first-order valence-corrected chi connectivity index (χ1v) is 7.09. The number of hydrogen-bond donors (Lipinski definition) is 2. The van der Waals surface area contributed by atoms with Crippen LogP contribution in [0.25, 0.3) is 0 Å². The Morgan fingerprint density at radius 2 is 2.10 bits per heavy atom. The van der Waals surface area contributed by atoms with Gasteiger partial charge in [0.05, 0.1) is 16.8 Å². The molecule has 0 saturated heterocycles. The van der Waals surface area contributed by atoms with E-state index >= 15 is 0 Å². The predicted octanol–water partition coefficient (Wildman–Crippen LogP) is 3.82. The number of benzene rings is 2. The maximum atomic E-state index is 13.1. The fourth-order valence-electron chi connectivity index (χ4n) is 1.75. The van der Waals surface area contributed by atoms with E-state index in [0.29, 0.717) is 29.3 Å². The highest BCUT2D eigenvalue weighted by Crippen LogP contribution is 2.24. The van der Waals surface area contributed by atoms with Gasteiger partial charge in [0.2, 0.25) is 0 Å². The van der Waals surface area contributed by atoms with Crippen LogP contribution in [0.1, 0.15) is 17.3 Å². The molecule has 0 aliphatic carbocycles. The van der Waals surface area contributed by atoms with Gasteiger partial charge in [-0.1, -0.05) is 0 Å². The molecule has 3 N–H and O–H groups in total. The average Bonchev–Trinajstić information content (AvgIpc) is 2.45. The minimum absolute atomic E-state index is 0.284. The summed E-state index contributed by atoms with van der Waals surface area (Å²) in [5.41, 5.74) is 7.10. The number of nitrogens with one attached hydrogen (secondary N) is 1. The van der Waals surface area contributed by atoms with E-state index in [4.69, 9.17) is 10.5 Å². The second-order valence-corrected chi connectivity index (χ2v) is 5.12. The lowest BCUT2D eigenvalue weighted by atomic mass is 10.1. The molecular formula is C15H14BrFN2O2. The van der Waals surface area contributed by atoms with Crippen molar-refractivity contribution in [2.45, 2.75) is 6.92 Å². The van der Waals surface area contributed by atoms with Crippen LogP contribution in [-0.4, -0.2) is 12.5 Å². The monoisotopic (exact) mass is 352 g/mol.